The predicted molar refractivity (Wildman–Crippen MR) is 75.1 cm³/mol. The monoisotopic (exact) mass is 237 g/mol. The minimum absolute atomic E-state index is 0.0939. The van der Waals surface area contributed by atoms with Crippen molar-refractivity contribution in [3.63, 3.8) is 0 Å². The maximum atomic E-state index is 12.4. The molecular weight excluding hydrogens is 222 g/mol. The van der Waals surface area contributed by atoms with E-state index in [4.69, 9.17) is 0 Å². The Kier molecular flexibility index (Phi) is 2.44. The second-order valence-corrected chi connectivity index (χ2v) is 4.68. The molecule has 0 saturated heterocycles. The summed E-state index contributed by atoms with van der Waals surface area (Å²) in [7, 11) is 0. The lowest BCUT2D eigenvalue weighted by molar-refractivity contribution is 0.0995. The Balaban J connectivity index is 2.16. The van der Waals surface area contributed by atoms with E-state index in [9.17, 15) is 4.79 Å². The van der Waals surface area contributed by atoms with E-state index in [1.54, 1.807) is 0 Å². The largest absolute Gasteiger partial charge is 0.304 e. The van der Waals surface area contributed by atoms with Gasteiger partial charge in [0.15, 0.2) is 0 Å². The molecule has 0 bridgehead atoms. The molecule has 3 rings (SSSR count). The van der Waals surface area contributed by atoms with Crippen LogP contribution in [-0.4, -0.2) is 12.5 Å². The van der Waals surface area contributed by atoms with Crippen molar-refractivity contribution in [1.29, 1.82) is 0 Å². The molecule has 1 heterocycles. The van der Waals surface area contributed by atoms with Crippen LogP contribution in [0.1, 0.15) is 23.7 Å². The van der Waals surface area contributed by atoms with Gasteiger partial charge >= 0.3 is 0 Å². The number of hydrogen-bond donors (Lipinski definition) is 0. The Morgan fingerprint density at radius 1 is 1.22 bits per heavy atom. The van der Waals surface area contributed by atoms with Crippen molar-refractivity contribution in [3.8, 4) is 0 Å². The molecule has 2 nitrogen and oxygen atoms in total. The normalized spacial score (nSPS) is 13.4. The van der Waals surface area contributed by atoms with Gasteiger partial charge in [0.2, 0.25) is 0 Å². The Morgan fingerprint density at radius 2 is 1.94 bits per heavy atom. The molecule has 0 aliphatic carbocycles. The molecule has 0 radical (unpaired) electrons. The van der Waals surface area contributed by atoms with Gasteiger partial charge in [-0.05, 0) is 23.9 Å². The van der Waals surface area contributed by atoms with Crippen molar-refractivity contribution in [3.05, 3.63) is 54.1 Å². The summed E-state index contributed by atoms with van der Waals surface area (Å²) in [5.74, 6) is 0.0939. The molecule has 0 atom stereocenters. The number of hydrogen-bond acceptors (Lipinski definition) is 1. The third-order valence-electron chi connectivity index (χ3n) is 3.53. The van der Waals surface area contributed by atoms with Crippen LogP contribution in [0.25, 0.3) is 10.8 Å². The second-order valence-electron chi connectivity index (χ2n) is 4.68. The molecule has 1 aliphatic heterocycles. The molecule has 90 valence electrons. The lowest BCUT2D eigenvalue weighted by Crippen LogP contribution is -2.28. The third kappa shape index (κ3) is 1.46. The predicted octanol–water partition coefficient (Wildman–Crippen LogP) is 3.77. The first-order valence-corrected chi connectivity index (χ1v) is 6.22. The highest BCUT2D eigenvalue weighted by molar-refractivity contribution is 6.25. The average Bonchev–Trinajstić information content (AvgIpc) is 2.67. The highest BCUT2D eigenvalue weighted by Crippen LogP contribution is 2.37. The first kappa shape index (κ1) is 11.0. The van der Waals surface area contributed by atoms with E-state index < -0.39 is 0 Å². The van der Waals surface area contributed by atoms with Crippen LogP contribution in [0.15, 0.2) is 48.6 Å². The summed E-state index contributed by atoms with van der Waals surface area (Å²) in [6.45, 7) is 6.68. The van der Waals surface area contributed by atoms with Crippen molar-refractivity contribution in [2.24, 2.45) is 0 Å². The number of anilines is 1. The molecule has 18 heavy (non-hydrogen) atoms. The molecule has 0 aromatic heterocycles. The van der Waals surface area contributed by atoms with E-state index in [1.807, 2.05) is 41.3 Å². The van der Waals surface area contributed by atoms with Gasteiger partial charge < -0.3 is 4.90 Å². The zero-order chi connectivity index (χ0) is 12.7. The second kappa shape index (κ2) is 3.98. The summed E-state index contributed by atoms with van der Waals surface area (Å²) in [5, 5.41) is 2.21. The summed E-state index contributed by atoms with van der Waals surface area (Å²) in [6.07, 6.45) is 0.899. The van der Waals surface area contributed by atoms with Crippen LogP contribution in [-0.2, 0) is 0 Å². The van der Waals surface area contributed by atoms with Gasteiger partial charge in [0.25, 0.3) is 5.91 Å². The van der Waals surface area contributed by atoms with Crippen LogP contribution in [0.3, 0.4) is 0 Å². The molecule has 2 aromatic rings. The van der Waals surface area contributed by atoms with Crippen molar-refractivity contribution in [1.82, 2.24) is 0 Å². The van der Waals surface area contributed by atoms with Crippen molar-refractivity contribution in [2.75, 3.05) is 11.4 Å². The summed E-state index contributed by atoms with van der Waals surface area (Å²) >= 11 is 0. The van der Waals surface area contributed by atoms with Gasteiger partial charge in [-0.2, -0.15) is 0 Å². The Labute approximate surface area is 107 Å². The zero-order valence-electron chi connectivity index (χ0n) is 10.4. The smallest absolute Gasteiger partial charge is 0.259 e. The van der Waals surface area contributed by atoms with Crippen LogP contribution < -0.4 is 4.90 Å². The fourth-order valence-electron chi connectivity index (χ4n) is 2.47. The molecule has 2 aromatic carbocycles. The molecule has 0 N–H and O–H groups in total. The van der Waals surface area contributed by atoms with Gasteiger partial charge in [0.1, 0.15) is 0 Å². The molecule has 1 aliphatic rings. The van der Waals surface area contributed by atoms with Gasteiger partial charge in [-0.1, -0.05) is 43.3 Å². The van der Waals surface area contributed by atoms with Crippen molar-refractivity contribution < 1.29 is 4.79 Å². The quantitative estimate of drug-likeness (QED) is 0.744. The van der Waals surface area contributed by atoms with Crippen molar-refractivity contribution in [2.45, 2.75) is 13.3 Å². The summed E-state index contributed by atoms with van der Waals surface area (Å²) in [4.78, 5) is 14.3. The van der Waals surface area contributed by atoms with E-state index in [0.29, 0.717) is 6.54 Å². The van der Waals surface area contributed by atoms with E-state index in [0.717, 1.165) is 34.0 Å². The van der Waals surface area contributed by atoms with Crippen LogP contribution in [0, 0.1) is 0 Å². The molecule has 0 spiro atoms. The van der Waals surface area contributed by atoms with Gasteiger partial charge in [0, 0.05) is 17.5 Å². The first-order valence-electron chi connectivity index (χ1n) is 6.22. The molecular formula is C16H15NO. The topological polar surface area (TPSA) is 20.3 Å². The lowest BCUT2D eigenvalue weighted by Gasteiger charge is -2.18. The molecule has 1 amide bonds. The molecule has 2 heteroatoms. The van der Waals surface area contributed by atoms with Gasteiger partial charge in [0.05, 0.1) is 5.69 Å². The highest BCUT2D eigenvalue weighted by Gasteiger charge is 2.29. The maximum absolute atomic E-state index is 12.4. The number of benzene rings is 2. The van der Waals surface area contributed by atoms with E-state index in [-0.39, 0.29) is 5.91 Å². The minimum atomic E-state index is 0.0939. The number of nitrogens with zero attached hydrogens (tertiary/aromatic N) is 1. The highest BCUT2D eigenvalue weighted by atomic mass is 16.2. The lowest BCUT2D eigenvalue weighted by atomic mass is 10.1. The fourth-order valence-corrected chi connectivity index (χ4v) is 2.47. The van der Waals surface area contributed by atoms with E-state index >= 15 is 0 Å². The van der Waals surface area contributed by atoms with Crippen molar-refractivity contribution >= 4 is 22.4 Å². The van der Waals surface area contributed by atoms with Crippen LogP contribution >= 0.6 is 0 Å². The standard InChI is InChI=1S/C16H15NO/c1-3-11(2)10-17-14-9-5-7-12-6-4-8-13(15(12)14)16(17)18/h4-9H,2-3,10H2,1H3. The zero-order valence-corrected chi connectivity index (χ0v) is 10.4. The van der Waals surface area contributed by atoms with Crippen LogP contribution in [0.4, 0.5) is 5.69 Å². The summed E-state index contributed by atoms with van der Waals surface area (Å²) < 4.78 is 0. The summed E-state index contributed by atoms with van der Waals surface area (Å²) in [6, 6.07) is 12.0. The van der Waals surface area contributed by atoms with Gasteiger partial charge in [-0.25, -0.2) is 0 Å². The fraction of sp³-hybridized carbons (Fsp3) is 0.188. The maximum Gasteiger partial charge on any atom is 0.259 e. The molecule has 0 saturated carbocycles. The number of rotatable bonds is 3. The Bertz CT molecular complexity index is 652. The first-order chi connectivity index (χ1) is 8.72. The number of amides is 1. The van der Waals surface area contributed by atoms with Gasteiger partial charge in [-0.3, -0.25) is 4.79 Å². The Morgan fingerprint density at radius 3 is 2.67 bits per heavy atom. The number of carbonyl (C=O) groups is 1. The van der Waals surface area contributed by atoms with Crippen LogP contribution in [0.2, 0.25) is 0 Å². The molecule has 0 fully saturated rings. The van der Waals surface area contributed by atoms with Gasteiger partial charge in [-0.15, -0.1) is 0 Å². The number of carbonyl (C=O) groups excluding carboxylic acids is 1. The minimum Gasteiger partial charge on any atom is -0.304 e. The average molecular weight is 237 g/mol. The third-order valence-corrected chi connectivity index (χ3v) is 3.53. The Hall–Kier alpha value is -2.09. The SMILES string of the molecule is C=C(CC)CN1C(=O)c2cccc3cccc1c23. The van der Waals surface area contributed by atoms with Crippen LogP contribution in [0.5, 0.6) is 0 Å². The molecule has 0 unspecified atom stereocenters. The summed E-state index contributed by atoms with van der Waals surface area (Å²) in [5.41, 5.74) is 2.91. The van der Waals surface area contributed by atoms with E-state index in [2.05, 4.69) is 13.5 Å². The van der Waals surface area contributed by atoms with E-state index in [1.165, 1.54) is 0 Å².